The van der Waals surface area contributed by atoms with Crippen molar-refractivity contribution < 1.29 is 19.5 Å². The van der Waals surface area contributed by atoms with Crippen LogP contribution >= 0.6 is 0 Å². The Labute approximate surface area is 135 Å². The Bertz CT molecular complexity index is 897. The van der Waals surface area contributed by atoms with Gasteiger partial charge < -0.3 is 0 Å². The monoisotopic (exact) mass is 359 g/mol. The molecule has 0 unspecified atom stereocenters. The van der Waals surface area contributed by atoms with Crippen molar-refractivity contribution in [3.63, 3.8) is 0 Å². The van der Waals surface area contributed by atoms with Crippen molar-refractivity contribution >= 4 is 22.2 Å². The van der Waals surface area contributed by atoms with Crippen LogP contribution < -0.4 is 0 Å². The van der Waals surface area contributed by atoms with Crippen LogP contribution in [0.4, 0.5) is 0 Å². The first kappa shape index (κ1) is 13.8. The molecule has 0 aromatic heterocycles. The van der Waals surface area contributed by atoms with Crippen LogP contribution in [0.3, 0.4) is 0 Å². The Hall–Kier alpha value is -2.12. The topological polar surface area (TPSA) is 47.7 Å². The minimum Gasteiger partial charge on any atom is -0.298 e. The van der Waals surface area contributed by atoms with Gasteiger partial charge in [0.1, 0.15) is 0 Å². The molecule has 0 saturated heterocycles. The van der Waals surface area contributed by atoms with E-state index in [1.807, 2.05) is 48.5 Å². The molecule has 0 spiro atoms. The van der Waals surface area contributed by atoms with E-state index in [1.54, 1.807) is 0 Å². The van der Waals surface area contributed by atoms with Crippen LogP contribution in [0.2, 0.25) is 0 Å². The molecule has 0 aliphatic heterocycles. The molecule has 0 fully saturated rings. The number of fused-ring (bicyclic) bond motifs is 5. The third-order valence-electron chi connectivity index (χ3n) is 3.92. The predicted molar refractivity (Wildman–Crippen MR) is 83.0 cm³/mol. The molecule has 1 aliphatic carbocycles. The van der Waals surface area contributed by atoms with Crippen LogP contribution in [0.15, 0.2) is 60.7 Å². The van der Waals surface area contributed by atoms with Gasteiger partial charge in [0.05, 0.1) is 11.4 Å². The number of hydrogen-bond acceptors (Lipinski definition) is 2. The summed E-state index contributed by atoms with van der Waals surface area (Å²) in [4.78, 5) is 0. The van der Waals surface area contributed by atoms with E-state index in [1.165, 1.54) is 0 Å². The van der Waals surface area contributed by atoms with E-state index < -0.39 is 0 Å². The van der Waals surface area contributed by atoms with Gasteiger partial charge in [0.15, 0.2) is 0 Å². The second kappa shape index (κ2) is 5.01. The number of rotatable bonds is 0. The first-order valence-electron chi connectivity index (χ1n) is 6.57. The number of nitrogens with one attached hydrogen (secondary N) is 2. The fourth-order valence-corrected chi connectivity index (χ4v) is 2.96. The van der Waals surface area contributed by atoms with Gasteiger partial charge in [0.2, 0.25) is 0 Å². The average Bonchev–Trinajstić information content (AvgIpc) is 2.51. The molecule has 1 radical (unpaired) electrons. The molecule has 3 aromatic carbocycles. The number of hydrogen-bond donors (Lipinski definition) is 2. The largest absolute Gasteiger partial charge is 0.298 e. The van der Waals surface area contributed by atoms with E-state index in [0.29, 0.717) is 11.4 Å². The van der Waals surface area contributed by atoms with E-state index in [9.17, 15) is 0 Å². The molecule has 4 rings (SSSR count). The first-order chi connectivity index (χ1) is 9.77. The Morgan fingerprint density at radius 3 is 2.05 bits per heavy atom. The van der Waals surface area contributed by atoms with Gasteiger partial charge in [0.25, 0.3) is 0 Å². The van der Waals surface area contributed by atoms with Gasteiger partial charge in [0, 0.05) is 30.6 Å². The molecule has 103 valence electrons. The zero-order valence-corrected chi connectivity index (χ0v) is 12.7. The van der Waals surface area contributed by atoms with E-state index >= 15 is 0 Å². The summed E-state index contributed by atoms with van der Waals surface area (Å²) in [6, 6.07) is 20.1. The fourth-order valence-electron chi connectivity index (χ4n) is 2.96. The summed E-state index contributed by atoms with van der Waals surface area (Å²) < 4.78 is 0. The van der Waals surface area contributed by atoms with E-state index in [2.05, 4.69) is 12.1 Å². The maximum absolute atomic E-state index is 8.36. The summed E-state index contributed by atoms with van der Waals surface area (Å²) in [6.45, 7) is 0. The molecule has 2 N–H and O–H groups in total. The van der Waals surface area contributed by atoms with Gasteiger partial charge in [-0.15, -0.1) is 0 Å². The van der Waals surface area contributed by atoms with Crippen LogP contribution in [-0.4, -0.2) is 11.4 Å². The van der Waals surface area contributed by atoms with Gasteiger partial charge in [-0.05, 0) is 21.9 Å². The first-order valence-corrected chi connectivity index (χ1v) is 6.57. The minimum atomic E-state index is 0. The molecule has 2 nitrogen and oxygen atoms in total. The van der Waals surface area contributed by atoms with Crippen LogP contribution in [0.1, 0.15) is 11.1 Å². The molecule has 3 heteroatoms. The SMILES string of the molecule is N=C1C(=N)c2c(ccc3ccccc23)-c2ccccc21.[Rh]. The van der Waals surface area contributed by atoms with Gasteiger partial charge in [-0.1, -0.05) is 60.7 Å². The summed E-state index contributed by atoms with van der Waals surface area (Å²) in [5, 5.41) is 18.8. The molecule has 0 saturated carbocycles. The number of benzene rings is 3. The summed E-state index contributed by atoms with van der Waals surface area (Å²) in [6.07, 6.45) is 0. The Balaban J connectivity index is 0.00000132. The Morgan fingerprint density at radius 2 is 1.24 bits per heavy atom. The average molecular weight is 359 g/mol. The van der Waals surface area contributed by atoms with E-state index in [4.69, 9.17) is 10.8 Å². The van der Waals surface area contributed by atoms with Gasteiger partial charge in [-0.2, -0.15) is 0 Å². The van der Waals surface area contributed by atoms with Crippen molar-refractivity contribution in [2.75, 3.05) is 0 Å². The van der Waals surface area contributed by atoms with Crippen molar-refractivity contribution in [3.05, 3.63) is 71.8 Å². The van der Waals surface area contributed by atoms with Crippen molar-refractivity contribution in [2.24, 2.45) is 0 Å². The van der Waals surface area contributed by atoms with E-state index in [-0.39, 0.29) is 19.5 Å². The maximum atomic E-state index is 8.36. The molecule has 3 aromatic rings. The molecule has 21 heavy (non-hydrogen) atoms. The van der Waals surface area contributed by atoms with Crippen molar-refractivity contribution in [2.45, 2.75) is 0 Å². The standard InChI is InChI=1S/C18H12N2.Rh/c19-17-15-8-4-3-7-13(15)14-10-9-11-5-1-2-6-12(11)16(14)18(17)20;/h1-10,19-20H;. The third-order valence-corrected chi connectivity index (χ3v) is 3.92. The molecule has 0 atom stereocenters. The molecule has 0 heterocycles. The van der Waals surface area contributed by atoms with Crippen molar-refractivity contribution in [3.8, 4) is 11.1 Å². The predicted octanol–water partition coefficient (Wildman–Crippen LogP) is 4.25. The Kier molecular flexibility index (Phi) is 3.31. The maximum Gasteiger partial charge on any atom is 0.0880 e. The molecule has 1 aliphatic rings. The molecular weight excluding hydrogens is 347 g/mol. The second-order valence-electron chi connectivity index (χ2n) is 5.00. The van der Waals surface area contributed by atoms with Crippen molar-refractivity contribution in [1.29, 1.82) is 10.8 Å². The van der Waals surface area contributed by atoms with Crippen LogP contribution in [0.25, 0.3) is 21.9 Å². The molecule has 0 amide bonds. The molecular formula is C18H12N2Rh. The van der Waals surface area contributed by atoms with Crippen LogP contribution in [-0.2, 0) is 19.5 Å². The van der Waals surface area contributed by atoms with Crippen LogP contribution in [0, 0.1) is 10.8 Å². The third kappa shape index (κ3) is 1.89. The zero-order valence-electron chi connectivity index (χ0n) is 11.1. The van der Waals surface area contributed by atoms with Gasteiger partial charge in [-0.3, -0.25) is 10.8 Å². The normalized spacial score (nSPS) is 12.6. The molecule has 0 bridgehead atoms. The summed E-state index contributed by atoms with van der Waals surface area (Å²) >= 11 is 0. The van der Waals surface area contributed by atoms with E-state index in [0.717, 1.165) is 33.0 Å². The van der Waals surface area contributed by atoms with Crippen molar-refractivity contribution in [1.82, 2.24) is 0 Å². The minimum absolute atomic E-state index is 0. The van der Waals surface area contributed by atoms with Crippen LogP contribution in [0.5, 0.6) is 0 Å². The zero-order chi connectivity index (χ0) is 13.7. The fraction of sp³-hybridized carbons (Fsp3) is 0. The van der Waals surface area contributed by atoms with Gasteiger partial charge in [-0.25, -0.2) is 0 Å². The summed E-state index contributed by atoms with van der Waals surface area (Å²) in [5.41, 5.74) is 4.46. The second-order valence-corrected chi connectivity index (χ2v) is 5.00. The summed E-state index contributed by atoms with van der Waals surface area (Å²) in [7, 11) is 0. The smallest absolute Gasteiger partial charge is 0.0880 e. The Morgan fingerprint density at radius 1 is 0.571 bits per heavy atom. The quantitative estimate of drug-likeness (QED) is 0.564. The van der Waals surface area contributed by atoms with Gasteiger partial charge >= 0.3 is 0 Å². The summed E-state index contributed by atoms with van der Waals surface area (Å²) in [5.74, 6) is 0.